The van der Waals surface area contributed by atoms with Crippen LogP contribution in [0.1, 0.15) is 266 Å². The standard InChI is InChI=1S/C55H105N3O2/c1-9-15-18-21-26-33-41-51(12-4)59-52(13-5)42-34-29-24-31-38-47-58(49-40-46-57-55(56)50(7)8)48-39-32-25-30-35-43-53(14-6)60-54(44-36-27-22-19-16-10-2)45-37-28-23-20-17-11-3/h13,51,54H,6-7,9-12,15-49H2,1-5,8H3,(H2,56,57)/b52-13+. The maximum Gasteiger partial charge on any atom is 0.138 e. The summed E-state index contributed by atoms with van der Waals surface area (Å²) < 4.78 is 13.1. The van der Waals surface area contributed by atoms with Crippen LogP contribution < -0.4 is 5.73 Å². The number of unbranched alkanes of at least 4 members (excludes halogenated alkanes) is 23. The number of hydrogen-bond donors (Lipinski definition) is 1. The first-order valence-corrected chi connectivity index (χ1v) is 26.4. The number of nitrogens with zero attached hydrogens (tertiary/aromatic N) is 2. The van der Waals surface area contributed by atoms with Crippen molar-refractivity contribution < 1.29 is 9.47 Å². The normalized spacial score (nSPS) is 12.7. The Bertz CT molecular complexity index is 1040. The Morgan fingerprint density at radius 2 is 0.983 bits per heavy atom. The van der Waals surface area contributed by atoms with Crippen molar-refractivity contribution >= 4 is 5.84 Å². The van der Waals surface area contributed by atoms with E-state index in [1.165, 1.54) is 218 Å². The van der Waals surface area contributed by atoms with Gasteiger partial charge in [-0.15, -0.1) is 0 Å². The number of hydrogen-bond acceptors (Lipinski definition) is 4. The molecule has 1 unspecified atom stereocenters. The van der Waals surface area contributed by atoms with E-state index >= 15 is 0 Å². The van der Waals surface area contributed by atoms with Crippen molar-refractivity contribution in [2.24, 2.45) is 10.7 Å². The molecule has 5 heteroatoms. The predicted octanol–water partition coefficient (Wildman–Crippen LogP) is 17.3. The molecule has 0 heterocycles. The summed E-state index contributed by atoms with van der Waals surface area (Å²) in [5, 5.41) is 0. The maximum atomic E-state index is 6.62. The molecule has 0 saturated carbocycles. The van der Waals surface area contributed by atoms with Crippen LogP contribution in [0.15, 0.2) is 47.0 Å². The predicted molar refractivity (Wildman–Crippen MR) is 268 cm³/mol. The third-order valence-electron chi connectivity index (χ3n) is 12.4. The van der Waals surface area contributed by atoms with E-state index in [2.05, 4.69) is 69.5 Å². The highest BCUT2D eigenvalue weighted by Crippen LogP contribution is 2.23. The van der Waals surface area contributed by atoms with Crippen molar-refractivity contribution in [3.8, 4) is 0 Å². The van der Waals surface area contributed by atoms with E-state index in [1.807, 2.05) is 6.92 Å². The van der Waals surface area contributed by atoms with E-state index in [0.717, 1.165) is 50.1 Å². The number of rotatable bonds is 47. The maximum absolute atomic E-state index is 6.62. The van der Waals surface area contributed by atoms with Gasteiger partial charge < -0.3 is 20.1 Å². The van der Waals surface area contributed by atoms with Crippen LogP contribution in [-0.4, -0.2) is 49.1 Å². The fourth-order valence-corrected chi connectivity index (χ4v) is 8.22. The zero-order chi connectivity index (χ0) is 44.2. The SMILES string of the molecule is C=C=C(CCCCCCCN(CCCCCCC/C(=C\C)OC(CC)CCCCCCCC)CCCN=C(N)C(=C)C)OC(CCCCCCCC)CCCCCCCC. The van der Waals surface area contributed by atoms with Gasteiger partial charge in [-0.2, -0.15) is 0 Å². The average molecular weight is 840 g/mol. The van der Waals surface area contributed by atoms with Crippen LogP contribution in [0.3, 0.4) is 0 Å². The first-order valence-electron chi connectivity index (χ1n) is 26.4. The molecule has 5 nitrogen and oxygen atoms in total. The highest BCUT2D eigenvalue weighted by molar-refractivity contribution is 5.95. The molecule has 0 aromatic heterocycles. The Hall–Kier alpha value is -1.97. The van der Waals surface area contributed by atoms with Crippen LogP contribution in [0.5, 0.6) is 0 Å². The molecule has 1 atom stereocenters. The van der Waals surface area contributed by atoms with Crippen molar-refractivity contribution in [1.29, 1.82) is 0 Å². The molecule has 0 aliphatic rings. The smallest absolute Gasteiger partial charge is 0.138 e. The minimum absolute atomic E-state index is 0.337. The van der Waals surface area contributed by atoms with E-state index in [4.69, 9.17) is 15.2 Å². The van der Waals surface area contributed by atoms with Crippen molar-refractivity contribution in [3.05, 3.63) is 42.1 Å². The van der Waals surface area contributed by atoms with Gasteiger partial charge in [0.1, 0.15) is 11.6 Å². The highest BCUT2D eigenvalue weighted by atomic mass is 16.5. The second kappa shape index (κ2) is 45.1. The van der Waals surface area contributed by atoms with Crippen LogP contribution in [-0.2, 0) is 9.47 Å². The average Bonchev–Trinajstić information content (AvgIpc) is 3.25. The van der Waals surface area contributed by atoms with Crippen LogP contribution >= 0.6 is 0 Å². The minimum Gasteiger partial charge on any atom is -0.495 e. The van der Waals surface area contributed by atoms with E-state index in [0.29, 0.717) is 18.0 Å². The largest absolute Gasteiger partial charge is 0.495 e. The lowest BCUT2D eigenvalue weighted by molar-refractivity contribution is 0.0890. The van der Waals surface area contributed by atoms with Gasteiger partial charge in [0.05, 0.1) is 18.0 Å². The Labute approximate surface area is 376 Å². The zero-order valence-electron chi connectivity index (χ0n) is 41.5. The molecule has 352 valence electrons. The molecular formula is C55H105N3O2. The summed E-state index contributed by atoms with van der Waals surface area (Å²) in [5.41, 5.74) is 10.1. The molecule has 0 bridgehead atoms. The van der Waals surface area contributed by atoms with Gasteiger partial charge in [0, 0.05) is 19.4 Å². The molecule has 0 aromatic rings. The molecule has 0 aromatic carbocycles. The first-order chi connectivity index (χ1) is 29.3. The van der Waals surface area contributed by atoms with Crippen molar-refractivity contribution in [1.82, 2.24) is 4.90 Å². The van der Waals surface area contributed by atoms with Gasteiger partial charge in [0.2, 0.25) is 0 Å². The molecule has 0 aliphatic carbocycles. The minimum atomic E-state index is 0.337. The number of allylic oxidation sites excluding steroid dienone is 3. The second-order valence-corrected chi connectivity index (χ2v) is 18.2. The van der Waals surface area contributed by atoms with E-state index in [9.17, 15) is 0 Å². The van der Waals surface area contributed by atoms with Gasteiger partial charge in [-0.05, 0) is 122 Å². The topological polar surface area (TPSA) is 60.1 Å². The summed E-state index contributed by atoms with van der Waals surface area (Å²) in [5.74, 6) is 2.82. The second-order valence-electron chi connectivity index (χ2n) is 18.2. The molecular weight excluding hydrogens is 735 g/mol. The van der Waals surface area contributed by atoms with E-state index in [-0.39, 0.29) is 0 Å². The molecule has 60 heavy (non-hydrogen) atoms. The molecule has 0 fully saturated rings. The third-order valence-corrected chi connectivity index (χ3v) is 12.4. The molecule has 0 radical (unpaired) electrons. The van der Waals surface area contributed by atoms with E-state index < -0.39 is 0 Å². The monoisotopic (exact) mass is 840 g/mol. The number of nitrogens with two attached hydrogens (primary N) is 1. The zero-order valence-corrected chi connectivity index (χ0v) is 41.5. The molecule has 0 saturated heterocycles. The summed E-state index contributed by atoms with van der Waals surface area (Å²) in [6, 6.07) is 0. The Balaban J connectivity index is 4.65. The highest BCUT2D eigenvalue weighted by Gasteiger charge is 2.13. The Morgan fingerprint density at radius 1 is 0.567 bits per heavy atom. The van der Waals surface area contributed by atoms with Gasteiger partial charge in [-0.1, -0.05) is 181 Å². The Morgan fingerprint density at radius 3 is 1.43 bits per heavy atom. The van der Waals surface area contributed by atoms with Crippen LogP contribution in [0, 0.1) is 0 Å². The summed E-state index contributed by atoms with van der Waals surface area (Å²) in [6.07, 6.45) is 47.6. The van der Waals surface area contributed by atoms with Crippen molar-refractivity contribution in [3.63, 3.8) is 0 Å². The lowest BCUT2D eigenvalue weighted by atomic mass is 10.0. The van der Waals surface area contributed by atoms with Gasteiger partial charge in [0.25, 0.3) is 0 Å². The van der Waals surface area contributed by atoms with Gasteiger partial charge in [0.15, 0.2) is 0 Å². The fourth-order valence-electron chi connectivity index (χ4n) is 8.22. The van der Waals surface area contributed by atoms with Gasteiger partial charge in [-0.3, -0.25) is 4.99 Å². The fraction of sp³-hybridized carbons (Fsp3) is 0.855. The number of aliphatic imine (C=N–C) groups is 1. The summed E-state index contributed by atoms with van der Waals surface area (Å²) in [4.78, 5) is 7.24. The van der Waals surface area contributed by atoms with Crippen LogP contribution in [0.25, 0.3) is 0 Å². The first kappa shape index (κ1) is 58.0. The van der Waals surface area contributed by atoms with Crippen molar-refractivity contribution in [2.45, 2.75) is 278 Å². The van der Waals surface area contributed by atoms with Crippen LogP contribution in [0.2, 0.25) is 0 Å². The van der Waals surface area contributed by atoms with E-state index in [1.54, 1.807) is 0 Å². The lowest BCUT2D eigenvalue weighted by Crippen LogP contribution is -2.28. The quantitative estimate of drug-likeness (QED) is 0.0218. The molecule has 0 amide bonds. The third kappa shape index (κ3) is 37.8. The number of ether oxygens (including phenoxy) is 2. The lowest BCUT2D eigenvalue weighted by Gasteiger charge is -2.22. The molecule has 0 rings (SSSR count). The van der Waals surface area contributed by atoms with Crippen LogP contribution in [0.4, 0.5) is 0 Å². The summed E-state index contributed by atoms with van der Waals surface area (Å²) >= 11 is 0. The molecule has 0 spiro atoms. The Kier molecular flexibility index (Phi) is 43.6. The van der Waals surface area contributed by atoms with Crippen molar-refractivity contribution in [2.75, 3.05) is 26.2 Å². The van der Waals surface area contributed by atoms with Gasteiger partial charge >= 0.3 is 0 Å². The number of amidine groups is 1. The van der Waals surface area contributed by atoms with Gasteiger partial charge in [-0.25, -0.2) is 0 Å². The molecule has 0 aliphatic heterocycles. The summed E-state index contributed by atoms with van der Waals surface area (Å²) in [7, 11) is 0. The summed E-state index contributed by atoms with van der Waals surface area (Å²) in [6.45, 7) is 25.5. The molecule has 2 N–H and O–H groups in total.